The van der Waals surface area contributed by atoms with Crippen molar-refractivity contribution in [2.75, 3.05) is 0 Å². The molecule has 2 nitrogen and oxygen atoms in total. The van der Waals surface area contributed by atoms with E-state index >= 15 is 0 Å². The van der Waals surface area contributed by atoms with Crippen LogP contribution in [0.1, 0.15) is 40.0 Å². The molecular formula is C10H19NO. The van der Waals surface area contributed by atoms with Gasteiger partial charge in [-0.3, -0.25) is 4.79 Å². The molecule has 2 heteroatoms. The monoisotopic (exact) mass is 169 g/mol. The van der Waals surface area contributed by atoms with Crippen molar-refractivity contribution in [3.8, 4) is 0 Å². The SMILES string of the molecule is C=C(C)CC(=O)C(C)(N)CCC. The molecule has 0 aliphatic heterocycles. The number of rotatable bonds is 5. The summed E-state index contributed by atoms with van der Waals surface area (Å²) in [6.07, 6.45) is 2.10. The van der Waals surface area contributed by atoms with Gasteiger partial charge in [-0.05, 0) is 20.3 Å². The molecule has 0 bridgehead atoms. The third kappa shape index (κ3) is 3.67. The van der Waals surface area contributed by atoms with Gasteiger partial charge in [-0.1, -0.05) is 25.5 Å². The zero-order valence-electron chi connectivity index (χ0n) is 8.31. The lowest BCUT2D eigenvalue weighted by Crippen LogP contribution is -2.44. The van der Waals surface area contributed by atoms with E-state index in [1.54, 1.807) is 6.92 Å². The average molecular weight is 169 g/mol. The molecule has 0 fully saturated rings. The van der Waals surface area contributed by atoms with Gasteiger partial charge in [0.05, 0.1) is 5.54 Å². The van der Waals surface area contributed by atoms with Crippen LogP contribution in [-0.4, -0.2) is 11.3 Å². The van der Waals surface area contributed by atoms with Gasteiger partial charge in [0.25, 0.3) is 0 Å². The Kier molecular flexibility index (Phi) is 4.18. The third-order valence-electron chi connectivity index (χ3n) is 1.87. The fraction of sp³-hybridized carbons (Fsp3) is 0.700. The largest absolute Gasteiger partial charge is 0.319 e. The summed E-state index contributed by atoms with van der Waals surface area (Å²) in [7, 11) is 0. The predicted molar refractivity (Wildman–Crippen MR) is 51.9 cm³/mol. The number of carbonyl (C=O) groups is 1. The predicted octanol–water partition coefficient (Wildman–Crippen LogP) is 2.04. The van der Waals surface area contributed by atoms with Gasteiger partial charge in [0.2, 0.25) is 0 Å². The van der Waals surface area contributed by atoms with Gasteiger partial charge in [0, 0.05) is 6.42 Å². The maximum Gasteiger partial charge on any atom is 0.156 e. The summed E-state index contributed by atoms with van der Waals surface area (Å²) in [6.45, 7) is 9.36. The van der Waals surface area contributed by atoms with Gasteiger partial charge >= 0.3 is 0 Å². The molecule has 0 aromatic carbocycles. The summed E-state index contributed by atoms with van der Waals surface area (Å²) < 4.78 is 0. The minimum absolute atomic E-state index is 0.0943. The number of hydrogen-bond acceptors (Lipinski definition) is 2. The highest BCUT2D eigenvalue weighted by Gasteiger charge is 2.26. The summed E-state index contributed by atoms with van der Waals surface area (Å²) >= 11 is 0. The van der Waals surface area contributed by atoms with Gasteiger partial charge in [-0.2, -0.15) is 0 Å². The van der Waals surface area contributed by atoms with Gasteiger partial charge < -0.3 is 5.73 Å². The summed E-state index contributed by atoms with van der Waals surface area (Å²) in [5, 5.41) is 0. The van der Waals surface area contributed by atoms with Crippen LogP contribution in [0.2, 0.25) is 0 Å². The van der Waals surface area contributed by atoms with Crippen LogP contribution in [0.5, 0.6) is 0 Å². The molecule has 0 radical (unpaired) electrons. The van der Waals surface area contributed by atoms with Crippen molar-refractivity contribution in [1.29, 1.82) is 0 Å². The molecule has 1 unspecified atom stereocenters. The number of Topliss-reactive ketones (excluding diaryl/α,β-unsaturated/α-hetero) is 1. The standard InChI is InChI=1S/C10H19NO/c1-5-6-10(4,11)9(12)7-8(2)3/h2,5-7,11H2,1,3-4H3. The highest BCUT2D eigenvalue weighted by Crippen LogP contribution is 2.14. The van der Waals surface area contributed by atoms with E-state index in [4.69, 9.17) is 5.73 Å². The second kappa shape index (κ2) is 4.41. The second-order valence-electron chi connectivity index (χ2n) is 3.72. The van der Waals surface area contributed by atoms with Crippen LogP contribution in [0.25, 0.3) is 0 Å². The maximum atomic E-state index is 11.5. The number of ketones is 1. The lowest BCUT2D eigenvalue weighted by atomic mass is 9.89. The quantitative estimate of drug-likeness (QED) is 0.640. The van der Waals surface area contributed by atoms with Crippen LogP contribution in [-0.2, 0) is 4.79 Å². The minimum Gasteiger partial charge on any atom is -0.319 e. The number of hydrogen-bond donors (Lipinski definition) is 1. The highest BCUT2D eigenvalue weighted by atomic mass is 16.1. The van der Waals surface area contributed by atoms with Crippen LogP contribution < -0.4 is 5.73 Å². The van der Waals surface area contributed by atoms with Gasteiger partial charge in [-0.15, -0.1) is 0 Å². The second-order valence-corrected chi connectivity index (χ2v) is 3.72. The maximum absolute atomic E-state index is 11.5. The van der Waals surface area contributed by atoms with E-state index in [0.717, 1.165) is 18.4 Å². The molecule has 0 heterocycles. The van der Waals surface area contributed by atoms with Crippen molar-refractivity contribution in [1.82, 2.24) is 0 Å². The van der Waals surface area contributed by atoms with Gasteiger partial charge in [-0.25, -0.2) is 0 Å². The van der Waals surface area contributed by atoms with Gasteiger partial charge in [0.1, 0.15) is 0 Å². The van der Waals surface area contributed by atoms with E-state index in [1.165, 1.54) is 0 Å². The molecule has 0 amide bonds. The summed E-state index contributed by atoms with van der Waals surface area (Å²) in [6, 6.07) is 0. The first-order chi connectivity index (χ1) is 5.40. The fourth-order valence-corrected chi connectivity index (χ4v) is 1.13. The van der Waals surface area contributed by atoms with Crippen LogP contribution in [0.15, 0.2) is 12.2 Å². The molecule has 1 atom stereocenters. The normalized spacial score (nSPS) is 15.3. The van der Waals surface area contributed by atoms with Crippen molar-refractivity contribution in [3.63, 3.8) is 0 Å². The first-order valence-corrected chi connectivity index (χ1v) is 4.36. The molecule has 0 aliphatic rings. The Bertz CT molecular complexity index is 182. The Labute approximate surface area is 74.8 Å². The molecule has 0 aromatic rings. The molecule has 12 heavy (non-hydrogen) atoms. The summed E-state index contributed by atoms with van der Waals surface area (Å²) in [5.74, 6) is 0.0943. The van der Waals surface area contributed by atoms with Crippen molar-refractivity contribution in [2.45, 2.75) is 45.6 Å². The Hall–Kier alpha value is -0.630. The van der Waals surface area contributed by atoms with Crippen LogP contribution in [0.3, 0.4) is 0 Å². The molecule has 0 aromatic heterocycles. The number of nitrogens with two attached hydrogens (primary N) is 1. The molecule has 0 saturated heterocycles. The number of allylic oxidation sites excluding steroid dienone is 1. The molecule has 2 N–H and O–H groups in total. The van der Waals surface area contributed by atoms with E-state index in [2.05, 4.69) is 6.58 Å². The molecule has 0 spiro atoms. The van der Waals surface area contributed by atoms with E-state index < -0.39 is 5.54 Å². The first-order valence-electron chi connectivity index (χ1n) is 4.36. The van der Waals surface area contributed by atoms with Crippen molar-refractivity contribution in [3.05, 3.63) is 12.2 Å². The first kappa shape index (κ1) is 11.4. The van der Waals surface area contributed by atoms with Crippen LogP contribution in [0.4, 0.5) is 0 Å². The summed E-state index contributed by atoms with van der Waals surface area (Å²) in [4.78, 5) is 11.5. The van der Waals surface area contributed by atoms with E-state index in [9.17, 15) is 4.79 Å². The Morgan fingerprint density at radius 2 is 2.08 bits per heavy atom. The molecule has 0 saturated carbocycles. The lowest BCUT2D eigenvalue weighted by Gasteiger charge is -2.22. The Balaban J connectivity index is 4.15. The zero-order valence-corrected chi connectivity index (χ0v) is 8.31. The van der Waals surface area contributed by atoms with E-state index in [1.807, 2.05) is 13.8 Å². The van der Waals surface area contributed by atoms with E-state index in [-0.39, 0.29) is 5.78 Å². The van der Waals surface area contributed by atoms with Crippen LogP contribution >= 0.6 is 0 Å². The third-order valence-corrected chi connectivity index (χ3v) is 1.87. The topological polar surface area (TPSA) is 43.1 Å². The summed E-state index contributed by atoms with van der Waals surface area (Å²) in [5.41, 5.74) is 6.05. The number of carbonyl (C=O) groups excluding carboxylic acids is 1. The van der Waals surface area contributed by atoms with E-state index in [0.29, 0.717) is 6.42 Å². The smallest absolute Gasteiger partial charge is 0.156 e. The van der Waals surface area contributed by atoms with Crippen molar-refractivity contribution in [2.24, 2.45) is 5.73 Å². The molecule has 0 aliphatic carbocycles. The van der Waals surface area contributed by atoms with Gasteiger partial charge in [0.15, 0.2) is 5.78 Å². The average Bonchev–Trinajstić information content (AvgIpc) is 1.85. The molecular weight excluding hydrogens is 150 g/mol. The lowest BCUT2D eigenvalue weighted by molar-refractivity contribution is -0.123. The zero-order chi connectivity index (χ0) is 9.78. The fourth-order valence-electron chi connectivity index (χ4n) is 1.13. The molecule has 0 rings (SSSR count). The highest BCUT2D eigenvalue weighted by molar-refractivity contribution is 5.89. The molecule has 70 valence electrons. The van der Waals surface area contributed by atoms with Crippen molar-refractivity contribution < 1.29 is 4.79 Å². The van der Waals surface area contributed by atoms with Crippen LogP contribution in [0, 0.1) is 0 Å². The van der Waals surface area contributed by atoms with Crippen molar-refractivity contribution >= 4 is 5.78 Å². The minimum atomic E-state index is -0.659. The Morgan fingerprint density at radius 1 is 1.58 bits per heavy atom. The Morgan fingerprint density at radius 3 is 2.42 bits per heavy atom.